The average molecular weight is 574 g/mol. The molecule has 5 amide bonds. The summed E-state index contributed by atoms with van der Waals surface area (Å²) in [4.78, 5) is 67.5. The number of nitrogens with one attached hydrogen (secondary N) is 3. The van der Waals surface area contributed by atoms with Gasteiger partial charge in [0.25, 0.3) is 5.91 Å². The van der Waals surface area contributed by atoms with Crippen LogP contribution in [0.15, 0.2) is 0 Å². The molecule has 4 fully saturated rings. The van der Waals surface area contributed by atoms with Crippen molar-refractivity contribution in [1.82, 2.24) is 20.9 Å². The number of carbonyl (C=O) groups is 5. The Kier molecular flexibility index (Phi) is 7.83. The van der Waals surface area contributed by atoms with E-state index in [1.54, 1.807) is 4.90 Å². The van der Waals surface area contributed by atoms with E-state index in [-0.39, 0.29) is 28.1 Å². The van der Waals surface area contributed by atoms with Gasteiger partial charge in [0.15, 0.2) is 0 Å². The lowest BCUT2D eigenvalue weighted by atomic mass is 9.73. The minimum atomic E-state index is -1.07. The third-order valence-corrected chi connectivity index (χ3v) is 10.9. The van der Waals surface area contributed by atoms with Crippen LogP contribution in [0, 0.1) is 27.6 Å². The minimum absolute atomic E-state index is 0.0472. The van der Waals surface area contributed by atoms with Crippen molar-refractivity contribution in [3.63, 3.8) is 0 Å². The van der Waals surface area contributed by atoms with Gasteiger partial charge in [-0.25, -0.2) is 4.79 Å². The Morgan fingerprint density at radius 2 is 1.54 bits per heavy atom. The van der Waals surface area contributed by atoms with E-state index in [1.165, 1.54) is 0 Å². The Bertz CT molecular complexity index is 1110. The lowest BCUT2D eigenvalue weighted by Crippen LogP contribution is -2.61. The van der Waals surface area contributed by atoms with Gasteiger partial charge in [-0.1, -0.05) is 60.3 Å². The lowest BCUT2D eigenvalue weighted by Gasteiger charge is -2.36. The van der Waals surface area contributed by atoms with E-state index in [2.05, 4.69) is 29.8 Å². The summed E-state index contributed by atoms with van der Waals surface area (Å²) in [5, 5.41) is 8.61. The smallest absolute Gasteiger partial charge is 0.315 e. The van der Waals surface area contributed by atoms with Gasteiger partial charge in [0.2, 0.25) is 17.6 Å². The van der Waals surface area contributed by atoms with Crippen molar-refractivity contribution >= 4 is 29.5 Å². The summed E-state index contributed by atoms with van der Waals surface area (Å²) < 4.78 is 0. The molecule has 0 aromatic rings. The molecule has 1 saturated heterocycles. The van der Waals surface area contributed by atoms with Crippen LogP contribution in [-0.4, -0.2) is 64.6 Å². The van der Waals surface area contributed by atoms with Gasteiger partial charge < -0.3 is 26.6 Å². The van der Waals surface area contributed by atoms with Crippen LogP contribution in [0.4, 0.5) is 4.79 Å². The highest BCUT2D eigenvalue weighted by Gasteiger charge is 2.85. The first-order chi connectivity index (χ1) is 18.8. The van der Waals surface area contributed by atoms with Crippen LogP contribution in [0.25, 0.3) is 0 Å². The molecule has 0 aromatic carbocycles. The minimum Gasteiger partial charge on any atom is -0.363 e. The number of likely N-dealkylation sites (tertiary alicyclic amines) is 1. The maximum Gasteiger partial charge on any atom is 0.315 e. The molecule has 10 heteroatoms. The highest BCUT2D eigenvalue weighted by Crippen LogP contribution is 2.88. The number of carbonyl (C=O) groups excluding carboxylic acids is 5. The van der Waals surface area contributed by atoms with Gasteiger partial charge in [0, 0.05) is 17.5 Å². The molecule has 230 valence electrons. The Balaban J connectivity index is 1.63. The predicted molar refractivity (Wildman–Crippen MR) is 155 cm³/mol. The topological polar surface area (TPSA) is 151 Å². The molecule has 41 heavy (non-hydrogen) atoms. The van der Waals surface area contributed by atoms with Crippen LogP contribution in [0.5, 0.6) is 0 Å². The average Bonchev–Trinajstić information content (AvgIpc) is 3.01. The molecule has 0 aromatic heterocycles. The molecule has 1 unspecified atom stereocenters. The fourth-order valence-corrected chi connectivity index (χ4v) is 8.12. The fraction of sp³-hybridized carbons (Fsp3) is 0.839. The Labute approximate surface area is 244 Å². The summed E-state index contributed by atoms with van der Waals surface area (Å²) in [6.45, 7) is 16.2. The number of hydrogen-bond acceptors (Lipinski definition) is 5. The number of nitrogens with two attached hydrogens (primary N) is 1. The molecular formula is C31H51N5O5. The van der Waals surface area contributed by atoms with Crippen LogP contribution in [-0.2, 0) is 19.2 Å². The van der Waals surface area contributed by atoms with E-state index in [0.29, 0.717) is 19.4 Å². The highest BCUT2D eigenvalue weighted by atomic mass is 16.2. The van der Waals surface area contributed by atoms with Crippen LogP contribution in [0.3, 0.4) is 0 Å². The van der Waals surface area contributed by atoms with E-state index in [0.717, 1.165) is 38.5 Å². The fourth-order valence-electron chi connectivity index (χ4n) is 8.12. The molecule has 4 aliphatic rings. The quantitative estimate of drug-likeness (QED) is 0.329. The van der Waals surface area contributed by atoms with Gasteiger partial charge in [-0.15, -0.1) is 0 Å². The standard InChI is InChI=1S/C31H51N5O5/c1-27(2,3)22(34-26(41)35-28(4,5)6)25(40)36-17-31(29(7,8)30(31)13-10-14-30)16-20(36)24(39)33-19(21(37)23(32)38)15-18-11-9-12-18/h18-20,22H,9-17H2,1-8H3,(H2,32,38)(H,33,39)(H2,34,35,41)/t19?,20-,22+,31-/m0/s1. The monoisotopic (exact) mass is 573 g/mol. The van der Waals surface area contributed by atoms with Crippen molar-refractivity contribution in [2.24, 2.45) is 33.3 Å². The summed E-state index contributed by atoms with van der Waals surface area (Å²) in [5.74, 6) is -2.35. The number of ketones is 1. The largest absolute Gasteiger partial charge is 0.363 e. The number of urea groups is 1. The van der Waals surface area contributed by atoms with Crippen LogP contribution >= 0.6 is 0 Å². The lowest BCUT2D eigenvalue weighted by molar-refractivity contribution is -0.143. The molecule has 3 saturated carbocycles. The van der Waals surface area contributed by atoms with Gasteiger partial charge >= 0.3 is 6.03 Å². The van der Waals surface area contributed by atoms with E-state index in [1.807, 2.05) is 41.5 Å². The van der Waals surface area contributed by atoms with Gasteiger partial charge in [-0.3, -0.25) is 19.2 Å². The molecule has 5 N–H and O–H groups in total. The zero-order valence-electron chi connectivity index (χ0n) is 26.2. The third kappa shape index (κ3) is 5.36. The first-order valence-corrected chi connectivity index (χ1v) is 15.3. The number of hydrogen-bond donors (Lipinski definition) is 4. The maximum absolute atomic E-state index is 14.4. The second-order valence-corrected chi connectivity index (χ2v) is 15.8. The molecule has 4 rings (SSSR count). The molecule has 1 heterocycles. The number of primary amides is 1. The molecule has 3 aliphatic carbocycles. The van der Waals surface area contributed by atoms with E-state index in [9.17, 15) is 24.0 Å². The zero-order chi connectivity index (χ0) is 30.8. The van der Waals surface area contributed by atoms with Gasteiger partial charge in [0.05, 0.1) is 6.04 Å². The van der Waals surface area contributed by atoms with Crippen LogP contribution in [0.2, 0.25) is 0 Å². The second-order valence-electron chi connectivity index (χ2n) is 15.8. The number of amides is 5. The first kappa shape index (κ1) is 31.3. The Hall–Kier alpha value is -2.65. The molecule has 2 spiro atoms. The van der Waals surface area contributed by atoms with Crippen LogP contribution in [0.1, 0.15) is 107 Å². The summed E-state index contributed by atoms with van der Waals surface area (Å²) in [7, 11) is 0. The van der Waals surface area contributed by atoms with Crippen molar-refractivity contribution < 1.29 is 24.0 Å². The van der Waals surface area contributed by atoms with Crippen molar-refractivity contribution in [1.29, 1.82) is 0 Å². The van der Waals surface area contributed by atoms with Gasteiger partial charge in [-0.05, 0) is 68.6 Å². The van der Waals surface area contributed by atoms with Crippen LogP contribution < -0.4 is 21.7 Å². The predicted octanol–water partition coefficient (Wildman–Crippen LogP) is 3.03. The summed E-state index contributed by atoms with van der Waals surface area (Å²) >= 11 is 0. The third-order valence-electron chi connectivity index (χ3n) is 10.9. The molecular weight excluding hydrogens is 522 g/mol. The molecule has 0 radical (unpaired) electrons. The maximum atomic E-state index is 14.4. The number of nitrogens with zero attached hydrogens (tertiary/aromatic N) is 1. The van der Waals surface area contributed by atoms with Crippen molar-refractivity contribution in [3.8, 4) is 0 Å². The van der Waals surface area contributed by atoms with E-state index >= 15 is 0 Å². The zero-order valence-corrected chi connectivity index (χ0v) is 26.2. The van der Waals surface area contributed by atoms with Crippen molar-refractivity contribution in [3.05, 3.63) is 0 Å². The Morgan fingerprint density at radius 3 is 1.95 bits per heavy atom. The number of fused-ring (bicyclic) bond motifs is 1. The molecule has 1 aliphatic heterocycles. The van der Waals surface area contributed by atoms with Crippen molar-refractivity contribution in [2.75, 3.05) is 6.54 Å². The van der Waals surface area contributed by atoms with Gasteiger partial charge in [-0.2, -0.15) is 0 Å². The molecule has 4 atom stereocenters. The van der Waals surface area contributed by atoms with E-state index < -0.39 is 52.7 Å². The normalized spacial score (nSPS) is 27.8. The number of Topliss-reactive ketones (excluding diaryl/α,β-unsaturated/α-hetero) is 1. The molecule has 10 nitrogen and oxygen atoms in total. The van der Waals surface area contributed by atoms with Crippen molar-refractivity contribution in [2.45, 2.75) is 130 Å². The first-order valence-electron chi connectivity index (χ1n) is 15.3. The highest BCUT2D eigenvalue weighted by molar-refractivity contribution is 6.37. The molecule has 0 bridgehead atoms. The summed E-state index contributed by atoms with van der Waals surface area (Å²) in [6, 6.07) is -3.15. The second kappa shape index (κ2) is 10.3. The van der Waals surface area contributed by atoms with E-state index in [4.69, 9.17) is 5.73 Å². The Morgan fingerprint density at radius 1 is 0.927 bits per heavy atom. The summed E-state index contributed by atoms with van der Waals surface area (Å²) in [6.07, 6.45) is 7.07. The SMILES string of the molecule is CC(C)(C)NC(=O)N[C@H](C(=O)N1C[C@@]2(C[C@H]1C(=O)NC(CC1CCC1)C(=O)C(N)=O)C(C)(C)C21CCC1)C(C)(C)C. The summed E-state index contributed by atoms with van der Waals surface area (Å²) in [5.41, 5.74) is 4.04. The number of rotatable bonds is 8. The van der Waals surface area contributed by atoms with Gasteiger partial charge in [0.1, 0.15) is 12.1 Å².